The number of rotatable bonds is 2. The fourth-order valence-electron chi connectivity index (χ4n) is 2.52. The lowest BCUT2D eigenvalue weighted by molar-refractivity contribution is -0.126. The van der Waals surface area contributed by atoms with Gasteiger partial charge in [0.15, 0.2) is 0 Å². The Kier molecular flexibility index (Phi) is 3.26. The van der Waals surface area contributed by atoms with Gasteiger partial charge in [-0.05, 0) is 12.3 Å². The van der Waals surface area contributed by atoms with Crippen molar-refractivity contribution in [2.75, 3.05) is 26.2 Å². The van der Waals surface area contributed by atoms with Crippen LogP contribution in [0, 0.1) is 5.92 Å². The molecule has 0 saturated carbocycles. The molecular formula is C11H21N3O. The van der Waals surface area contributed by atoms with E-state index in [1.54, 1.807) is 0 Å². The Morgan fingerprint density at radius 1 is 1.47 bits per heavy atom. The molecule has 0 aromatic heterocycles. The highest BCUT2D eigenvalue weighted by Gasteiger charge is 2.32. The van der Waals surface area contributed by atoms with Gasteiger partial charge in [-0.15, -0.1) is 0 Å². The summed E-state index contributed by atoms with van der Waals surface area (Å²) in [6, 6.07) is 1.07. The Hall–Kier alpha value is -0.610. The zero-order chi connectivity index (χ0) is 10.8. The van der Waals surface area contributed by atoms with Crippen molar-refractivity contribution in [3.05, 3.63) is 0 Å². The summed E-state index contributed by atoms with van der Waals surface area (Å²) in [6.07, 6.45) is 1.20. The second-order valence-electron chi connectivity index (χ2n) is 5.12. The molecule has 2 saturated heterocycles. The van der Waals surface area contributed by atoms with Crippen molar-refractivity contribution in [1.29, 1.82) is 0 Å². The number of nitrogens with zero attached hydrogens (tertiary/aromatic N) is 1. The average molecular weight is 211 g/mol. The first-order chi connectivity index (χ1) is 7.15. The Morgan fingerprint density at radius 3 is 3.00 bits per heavy atom. The van der Waals surface area contributed by atoms with Crippen LogP contribution < -0.4 is 10.6 Å². The molecule has 2 fully saturated rings. The van der Waals surface area contributed by atoms with Gasteiger partial charge in [-0.25, -0.2) is 0 Å². The Balaban J connectivity index is 1.88. The maximum absolute atomic E-state index is 11.3. The van der Waals surface area contributed by atoms with Crippen LogP contribution in [0.3, 0.4) is 0 Å². The van der Waals surface area contributed by atoms with E-state index >= 15 is 0 Å². The summed E-state index contributed by atoms with van der Waals surface area (Å²) in [6.45, 7) is 7.92. The second-order valence-corrected chi connectivity index (χ2v) is 5.12. The molecule has 2 heterocycles. The highest BCUT2D eigenvalue weighted by Crippen LogP contribution is 2.14. The van der Waals surface area contributed by atoms with Gasteiger partial charge in [0.1, 0.15) is 0 Å². The molecule has 2 aliphatic heterocycles. The first kappa shape index (κ1) is 10.9. The molecule has 86 valence electrons. The summed E-state index contributed by atoms with van der Waals surface area (Å²) < 4.78 is 0. The van der Waals surface area contributed by atoms with Crippen LogP contribution in [0.2, 0.25) is 0 Å². The van der Waals surface area contributed by atoms with Gasteiger partial charge in [0.25, 0.3) is 0 Å². The molecule has 0 spiro atoms. The van der Waals surface area contributed by atoms with E-state index in [2.05, 4.69) is 29.4 Å². The van der Waals surface area contributed by atoms with Crippen LogP contribution in [-0.2, 0) is 4.79 Å². The highest BCUT2D eigenvalue weighted by atomic mass is 16.2. The van der Waals surface area contributed by atoms with E-state index in [0.717, 1.165) is 25.6 Å². The molecule has 2 rings (SSSR count). The fraction of sp³-hybridized carbons (Fsp3) is 0.909. The number of carbonyl (C=O) groups is 1. The number of carbonyl (C=O) groups excluding carboxylic acids is 1. The maximum atomic E-state index is 11.3. The van der Waals surface area contributed by atoms with Crippen molar-refractivity contribution >= 4 is 5.91 Å². The zero-order valence-electron chi connectivity index (χ0n) is 9.62. The number of fused-ring (bicyclic) bond motifs is 1. The SMILES string of the molecule is CC(C)CC1CN2CC(=O)NCC2CN1. The van der Waals surface area contributed by atoms with E-state index in [-0.39, 0.29) is 5.91 Å². The third-order valence-corrected chi connectivity index (χ3v) is 3.25. The van der Waals surface area contributed by atoms with E-state index in [4.69, 9.17) is 0 Å². The van der Waals surface area contributed by atoms with Crippen molar-refractivity contribution in [3.63, 3.8) is 0 Å². The molecule has 15 heavy (non-hydrogen) atoms. The van der Waals surface area contributed by atoms with E-state index in [1.807, 2.05) is 0 Å². The number of nitrogens with one attached hydrogen (secondary N) is 2. The first-order valence-electron chi connectivity index (χ1n) is 5.89. The van der Waals surface area contributed by atoms with Crippen LogP contribution in [0.25, 0.3) is 0 Å². The molecule has 0 aromatic carbocycles. The minimum atomic E-state index is 0.177. The monoisotopic (exact) mass is 211 g/mol. The van der Waals surface area contributed by atoms with Gasteiger partial charge in [-0.3, -0.25) is 9.69 Å². The van der Waals surface area contributed by atoms with Gasteiger partial charge in [0.2, 0.25) is 5.91 Å². The van der Waals surface area contributed by atoms with Crippen molar-refractivity contribution in [2.24, 2.45) is 5.92 Å². The predicted octanol–water partition coefficient (Wildman–Crippen LogP) is -0.195. The highest BCUT2D eigenvalue weighted by molar-refractivity contribution is 5.78. The van der Waals surface area contributed by atoms with Crippen molar-refractivity contribution in [1.82, 2.24) is 15.5 Å². The molecule has 2 N–H and O–H groups in total. The molecule has 0 radical (unpaired) electrons. The van der Waals surface area contributed by atoms with Gasteiger partial charge in [-0.2, -0.15) is 0 Å². The van der Waals surface area contributed by atoms with Crippen LogP contribution in [0.5, 0.6) is 0 Å². The molecule has 0 bridgehead atoms. The molecule has 1 amide bonds. The van der Waals surface area contributed by atoms with Crippen molar-refractivity contribution in [2.45, 2.75) is 32.4 Å². The standard InChI is InChI=1S/C11H21N3O/c1-8(2)3-9-6-14-7-11(15)13-5-10(14)4-12-9/h8-10,12H,3-7H2,1-2H3,(H,13,15). The second kappa shape index (κ2) is 4.49. The van der Waals surface area contributed by atoms with Gasteiger partial charge < -0.3 is 10.6 Å². The van der Waals surface area contributed by atoms with Gasteiger partial charge in [0, 0.05) is 31.7 Å². The van der Waals surface area contributed by atoms with E-state index < -0.39 is 0 Å². The summed E-state index contributed by atoms with van der Waals surface area (Å²) in [5.41, 5.74) is 0. The number of hydrogen-bond donors (Lipinski definition) is 2. The maximum Gasteiger partial charge on any atom is 0.234 e. The van der Waals surface area contributed by atoms with E-state index in [9.17, 15) is 4.79 Å². The summed E-state index contributed by atoms with van der Waals surface area (Å²) >= 11 is 0. The topological polar surface area (TPSA) is 44.4 Å². The quantitative estimate of drug-likeness (QED) is 0.665. The molecule has 2 unspecified atom stereocenters. The van der Waals surface area contributed by atoms with Gasteiger partial charge in [-0.1, -0.05) is 13.8 Å². The number of piperazine rings is 2. The molecule has 2 atom stereocenters. The molecule has 4 heteroatoms. The van der Waals surface area contributed by atoms with Crippen LogP contribution in [0.15, 0.2) is 0 Å². The van der Waals surface area contributed by atoms with Crippen molar-refractivity contribution < 1.29 is 4.79 Å². The minimum absolute atomic E-state index is 0.177. The number of hydrogen-bond acceptors (Lipinski definition) is 3. The lowest BCUT2D eigenvalue weighted by atomic mass is 9.99. The van der Waals surface area contributed by atoms with Crippen molar-refractivity contribution in [3.8, 4) is 0 Å². The Labute approximate surface area is 91.4 Å². The van der Waals surface area contributed by atoms with E-state index in [0.29, 0.717) is 18.6 Å². The van der Waals surface area contributed by atoms with E-state index in [1.165, 1.54) is 6.42 Å². The summed E-state index contributed by atoms with van der Waals surface area (Å²) in [5.74, 6) is 0.897. The molecule has 2 aliphatic rings. The smallest absolute Gasteiger partial charge is 0.234 e. The van der Waals surface area contributed by atoms with Gasteiger partial charge in [0.05, 0.1) is 6.54 Å². The summed E-state index contributed by atoms with van der Waals surface area (Å²) in [7, 11) is 0. The summed E-state index contributed by atoms with van der Waals surface area (Å²) in [5, 5.41) is 6.49. The van der Waals surface area contributed by atoms with Crippen LogP contribution in [-0.4, -0.2) is 49.1 Å². The summed E-state index contributed by atoms with van der Waals surface area (Å²) in [4.78, 5) is 13.6. The lowest BCUT2D eigenvalue weighted by Crippen LogP contribution is -2.64. The third kappa shape index (κ3) is 2.69. The largest absolute Gasteiger partial charge is 0.353 e. The predicted molar refractivity (Wildman–Crippen MR) is 59.6 cm³/mol. The number of amides is 1. The average Bonchev–Trinajstić information content (AvgIpc) is 2.16. The Morgan fingerprint density at radius 2 is 2.27 bits per heavy atom. The van der Waals surface area contributed by atoms with Crippen LogP contribution >= 0.6 is 0 Å². The lowest BCUT2D eigenvalue weighted by Gasteiger charge is -2.43. The molecule has 0 aromatic rings. The molecular weight excluding hydrogens is 190 g/mol. The minimum Gasteiger partial charge on any atom is -0.353 e. The normalized spacial score (nSPS) is 32.6. The molecule has 0 aliphatic carbocycles. The van der Waals surface area contributed by atoms with Crippen LogP contribution in [0.1, 0.15) is 20.3 Å². The third-order valence-electron chi connectivity index (χ3n) is 3.25. The molecule has 4 nitrogen and oxygen atoms in total. The fourth-order valence-corrected chi connectivity index (χ4v) is 2.52. The Bertz CT molecular complexity index is 242. The first-order valence-corrected chi connectivity index (χ1v) is 5.89. The van der Waals surface area contributed by atoms with Crippen LogP contribution in [0.4, 0.5) is 0 Å². The zero-order valence-corrected chi connectivity index (χ0v) is 9.62. The van der Waals surface area contributed by atoms with Gasteiger partial charge >= 0.3 is 0 Å².